The lowest BCUT2D eigenvalue weighted by atomic mass is 9.96. The van der Waals surface area contributed by atoms with Crippen LogP contribution < -0.4 is 5.32 Å². The number of carbonyl (C=O) groups excluding carboxylic acids is 1. The molecule has 0 aliphatic carbocycles. The van der Waals surface area contributed by atoms with Gasteiger partial charge in [-0.25, -0.2) is 0 Å². The maximum Gasteiger partial charge on any atom is 0.231 e. The van der Waals surface area contributed by atoms with Crippen LogP contribution in [0.4, 0.5) is 5.69 Å². The smallest absolute Gasteiger partial charge is 0.231 e. The highest BCUT2D eigenvalue weighted by atomic mass is 16.3. The number of anilines is 1. The third-order valence-electron chi connectivity index (χ3n) is 5.16. The first kappa shape index (κ1) is 18.3. The van der Waals surface area contributed by atoms with Crippen LogP contribution in [0.1, 0.15) is 37.8 Å². The molecule has 142 valence electrons. The first-order valence-electron chi connectivity index (χ1n) is 9.82. The molecule has 1 atom stereocenters. The van der Waals surface area contributed by atoms with E-state index in [1.807, 2.05) is 49.4 Å². The Kier molecular flexibility index (Phi) is 4.91. The maximum absolute atomic E-state index is 12.7. The second kappa shape index (κ2) is 7.51. The average molecular weight is 371 g/mol. The van der Waals surface area contributed by atoms with Crippen LogP contribution in [0.2, 0.25) is 0 Å². The molecule has 0 radical (unpaired) electrons. The van der Waals surface area contributed by atoms with E-state index in [0.717, 1.165) is 39.6 Å². The first-order chi connectivity index (χ1) is 13.5. The zero-order chi connectivity index (χ0) is 19.7. The number of para-hydroxylation sites is 1. The fraction of sp³-hybridized carbons (Fsp3) is 0.240. The molecule has 0 saturated heterocycles. The molecule has 0 unspecified atom stereocenters. The SMILES string of the molecule is CC(C)Cc1ccc([C@H](C)C(=O)Nc2ccc3c(c2)oc2ccccc23)cc1. The summed E-state index contributed by atoms with van der Waals surface area (Å²) in [5.41, 5.74) is 4.72. The molecule has 4 rings (SSSR count). The predicted octanol–water partition coefficient (Wildman–Crippen LogP) is 6.53. The van der Waals surface area contributed by atoms with Gasteiger partial charge < -0.3 is 9.73 Å². The molecule has 28 heavy (non-hydrogen) atoms. The molecule has 4 aromatic rings. The van der Waals surface area contributed by atoms with E-state index in [9.17, 15) is 4.79 Å². The Labute approximate surface area is 165 Å². The van der Waals surface area contributed by atoms with Crippen molar-refractivity contribution < 1.29 is 9.21 Å². The van der Waals surface area contributed by atoms with E-state index in [1.54, 1.807) is 0 Å². The van der Waals surface area contributed by atoms with Crippen LogP contribution in [0, 0.1) is 5.92 Å². The fourth-order valence-corrected chi connectivity index (χ4v) is 3.62. The highest BCUT2D eigenvalue weighted by Gasteiger charge is 2.16. The number of nitrogens with one attached hydrogen (secondary N) is 1. The number of hydrogen-bond acceptors (Lipinski definition) is 2. The Bertz CT molecular complexity index is 1120. The number of furan rings is 1. The average Bonchev–Trinajstić information content (AvgIpc) is 3.05. The lowest BCUT2D eigenvalue weighted by Gasteiger charge is -2.14. The Morgan fingerprint density at radius 1 is 0.893 bits per heavy atom. The summed E-state index contributed by atoms with van der Waals surface area (Å²) in [5.74, 6) is 0.381. The monoisotopic (exact) mass is 371 g/mol. The molecule has 1 amide bonds. The second-order valence-electron chi connectivity index (χ2n) is 7.86. The van der Waals surface area contributed by atoms with E-state index in [1.165, 1.54) is 5.56 Å². The van der Waals surface area contributed by atoms with Crippen LogP contribution in [0.3, 0.4) is 0 Å². The van der Waals surface area contributed by atoms with Crippen molar-refractivity contribution in [1.82, 2.24) is 0 Å². The predicted molar refractivity (Wildman–Crippen MR) is 116 cm³/mol. The van der Waals surface area contributed by atoms with Gasteiger partial charge in [0.25, 0.3) is 0 Å². The molecule has 0 aliphatic heterocycles. The Hall–Kier alpha value is -3.07. The third kappa shape index (κ3) is 3.65. The highest BCUT2D eigenvalue weighted by molar-refractivity contribution is 6.06. The van der Waals surface area contributed by atoms with Gasteiger partial charge in [-0.05, 0) is 48.6 Å². The second-order valence-corrected chi connectivity index (χ2v) is 7.86. The van der Waals surface area contributed by atoms with Gasteiger partial charge in [0.15, 0.2) is 0 Å². The summed E-state index contributed by atoms with van der Waals surface area (Å²) in [6, 6.07) is 22.2. The molecule has 0 spiro atoms. The molecule has 0 saturated carbocycles. The summed E-state index contributed by atoms with van der Waals surface area (Å²) in [7, 11) is 0. The van der Waals surface area contributed by atoms with Crippen molar-refractivity contribution in [2.45, 2.75) is 33.1 Å². The largest absolute Gasteiger partial charge is 0.456 e. The van der Waals surface area contributed by atoms with Gasteiger partial charge in [0.05, 0.1) is 5.92 Å². The van der Waals surface area contributed by atoms with Crippen LogP contribution in [0.5, 0.6) is 0 Å². The zero-order valence-electron chi connectivity index (χ0n) is 16.5. The Balaban J connectivity index is 1.51. The van der Waals surface area contributed by atoms with Gasteiger partial charge in [0.2, 0.25) is 5.91 Å². The molecule has 0 fully saturated rings. The fourth-order valence-electron chi connectivity index (χ4n) is 3.62. The molecule has 0 aliphatic rings. The molecule has 0 bridgehead atoms. The van der Waals surface area contributed by atoms with Crippen LogP contribution in [0.25, 0.3) is 21.9 Å². The molecule has 3 heteroatoms. The molecular weight excluding hydrogens is 346 g/mol. The van der Waals surface area contributed by atoms with Gasteiger partial charge in [0, 0.05) is 22.5 Å². The topological polar surface area (TPSA) is 42.2 Å². The van der Waals surface area contributed by atoms with E-state index >= 15 is 0 Å². The van der Waals surface area contributed by atoms with Gasteiger partial charge in [-0.3, -0.25) is 4.79 Å². The minimum atomic E-state index is -0.223. The zero-order valence-corrected chi connectivity index (χ0v) is 16.5. The summed E-state index contributed by atoms with van der Waals surface area (Å²) < 4.78 is 5.91. The molecule has 1 N–H and O–H groups in total. The van der Waals surface area contributed by atoms with E-state index in [4.69, 9.17) is 4.42 Å². The minimum absolute atomic E-state index is 0.0212. The van der Waals surface area contributed by atoms with Gasteiger partial charge >= 0.3 is 0 Å². The quantitative estimate of drug-likeness (QED) is 0.433. The summed E-state index contributed by atoms with van der Waals surface area (Å²) in [6.07, 6.45) is 1.05. The standard InChI is InChI=1S/C25H25NO2/c1-16(2)14-18-8-10-19(11-9-18)17(3)25(27)26-20-12-13-22-21-6-4-5-7-23(21)28-24(22)15-20/h4-13,15-17H,14H2,1-3H3,(H,26,27)/t17-/m0/s1. The summed E-state index contributed by atoms with van der Waals surface area (Å²) in [6.45, 7) is 6.36. The maximum atomic E-state index is 12.7. The van der Waals surface area contributed by atoms with Crippen molar-refractivity contribution in [1.29, 1.82) is 0 Å². The highest BCUT2D eigenvalue weighted by Crippen LogP contribution is 2.30. The number of hydrogen-bond donors (Lipinski definition) is 1. The number of carbonyl (C=O) groups is 1. The summed E-state index contributed by atoms with van der Waals surface area (Å²) in [5, 5.41) is 5.17. The van der Waals surface area contributed by atoms with Crippen LogP contribution >= 0.6 is 0 Å². The van der Waals surface area contributed by atoms with Crippen molar-refractivity contribution >= 4 is 33.5 Å². The minimum Gasteiger partial charge on any atom is -0.456 e. The van der Waals surface area contributed by atoms with Crippen molar-refractivity contribution in [2.75, 3.05) is 5.32 Å². The lowest BCUT2D eigenvalue weighted by molar-refractivity contribution is -0.117. The van der Waals surface area contributed by atoms with E-state index in [2.05, 4.69) is 43.4 Å². The summed E-state index contributed by atoms with van der Waals surface area (Å²) in [4.78, 5) is 12.7. The molecule has 3 aromatic carbocycles. The van der Waals surface area contributed by atoms with E-state index in [0.29, 0.717) is 5.92 Å². The molecule has 1 aromatic heterocycles. The first-order valence-corrected chi connectivity index (χ1v) is 9.82. The van der Waals surface area contributed by atoms with Crippen LogP contribution in [-0.4, -0.2) is 5.91 Å². The Morgan fingerprint density at radius 3 is 2.36 bits per heavy atom. The van der Waals surface area contributed by atoms with Crippen molar-refractivity contribution in [2.24, 2.45) is 5.92 Å². The molecular formula is C25H25NO2. The van der Waals surface area contributed by atoms with E-state index < -0.39 is 0 Å². The number of rotatable bonds is 5. The van der Waals surface area contributed by atoms with Crippen molar-refractivity contribution in [3.8, 4) is 0 Å². The summed E-state index contributed by atoms with van der Waals surface area (Å²) >= 11 is 0. The van der Waals surface area contributed by atoms with Crippen LogP contribution in [-0.2, 0) is 11.2 Å². The van der Waals surface area contributed by atoms with Gasteiger partial charge in [-0.1, -0.05) is 56.3 Å². The number of amides is 1. The molecule has 3 nitrogen and oxygen atoms in total. The number of fused-ring (bicyclic) bond motifs is 3. The molecule has 1 heterocycles. The van der Waals surface area contributed by atoms with Gasteiger partial charge in [-0.2, -0.15) is 0 Å². The van der Waals surface area contributed by atoms with Crippen molar-refractivity contribution in [3.05, 3.63) is 77.9 Å². The Morgan fingerprint density at radius 2 is 1.61 bits per heavy atom. The van der Waals surface area contributed by atoms with Crippen LogP contribution in [0.15, 0.2) is 71.1 Å². The number of benzene rings is 3. The van der Waals surface area contributed by atoms with E-state index in [-0.39, 0.29) is 11.8 Å². The van der Waals surface area contributed by atoms with Gasteiger partial charge in [-0.15, -0.1) is 0 Å². The normalized spacial score (nSPS) is 12.6. The third-order valence-corrected chi connectivity index (χ3v) is 5.16. The lowest BCUT2D eigenvalue weighted by Crippen LogP contribution is -2.18. The van der Waals surface area contributed by atoms with Gasteiger partial charge in [0.1, 0.15) is 11.2 Å². The van der Waals surface area contributed by atoms with Crippen molar-refractivity contribution in [3.63, 3.8) is 0 Å².